The molecule has 11 heavy (non-hydrogen) atoms. The van der Waals surface area contributed by atoms with Crippen molar-refractivity contribution < 1.29 is 8.78 Å². The summed E-state index contributed by atoms with van der Waals surface area (Å²) in [5.74, 6) is -1.60. The molecule has 0 N–H and O–H groups in total. The molecule has 0 saturated carbocycles. The summed E-state index contributed by atoms with van der Waals surface area (Å²) < 4.78 is 24.8. The summed E-state index contributed by atoms with van der Waals surface area (Å²) >= 11 is 0. The molecule has 0 atom stereocenters. The van der Waals surface area contributed by atoms with Gasteiger partial charge >= 0.3 is 0 Å². The lowest BCUT2D eigenvalue weighted by Gasteiger charge is -2.11. The summed E-state index contributed by atoms with van der Waals surface area (Å²) in [6.07, 6.45) is 0. The molecule has 0 aliphatic heterocycles. The van der Waals surface area contributed by atoms with Crippen LogP contribution in [0.4, 0.5) is 14.5 Å². The lowest BCUT2D eigenvalue weighted by atomic mass is 10.4. The molecule has 0 radical (unpaired) electrons. The third-order valence-corrected chi connectivity index (χ3v) is 1.26. The molecule has 4 heteroatoms. The van der Waals surface area contributed by atoms with E-state index in [4.69, 9.17) is 0 Å². The summed E-state index contributed by atoms with van der Waals surface area (Å²) in [6, 6.07) is 2.34. The van der Waals surface area contributed by atoms with Crippen LogP contribution in [0.1, 0.15) is 0 Å². The summed E-state index contributed by atoms with van der Waals surface area (Å²) in [5.41, 5.74) is 0.468. The summed E-state index contributed by atoms with van der Waals surface area (Å²) in [6.45, 7) is 0. The Hall–Kier alpha value is -1.19. The van der Waals surface area contributed by atoms with E-state index in [2.05, 4.69) is 4.98 Å². The number of nitrogens with zero attached hydrogens (tertiary/aromatic N) is 2. The maximum absolute atomic E-state index is 12.4. The Morgan fingerprint density at radius 1 is 1.18 bits per heavy atom. The second-order valence-electron chi connectivity index (χ2n) is 2.37. The van der Waals surface area contributed by atoms with Crippen LogP contribution in [0, 0.1) is 11.9 Å². The minimum absolute atomic E-state index is 0.468. The topological polar surface area (TPSA) is 16.1 Å². The van der Waals surface area contributed by atoms with Crippen LogP contribution in [0.3, 0.4) is 0 Å². The second kappa shape index (κ2) is 2.82. The zero-order chi connectivity index (χ0) is 8.43. The van der Waals surface area contributed by atoms with Crippen molar-refractivity contribution in [3.8, 4) is 0 Å². The standard InChI is InChI=1S/C7H8F2N2/c1-11(2)5-3-6(8)10-7(9)4-5/h3-4H,1-2H3. The van der Waals surface area contributed by atoms with Crippen LogP contribution in [0.5, 0.6) is 0 Å². The van der Waals surface area contributed by atoms with E-state index in [1.165, 1.54) is 12.1 Å². The molecule has 0 aliphatic rings. The predicted octanol–water partition coefficient (Wildman–Crippen LogP) is 1.43. The molecule has 0 saturated heterocycles. The van der Waals surface area contributed by atoms with Crippen molar-refractivity contribution in [2.24, 2.45) is 0 Å². The SMILES string of the molecule is CN(C)c1cc(F)nc(F)c1. The molecule has 1 rings (SSSR count). The first-order valence-corrected chi connectivity index (χ1v) is 3.10. The Balaban J connectivity index is 3.08. The Morgan fingerprint density at radius 3 is 2.00 bits per heavy atom. The van der Waals surface area contributed by atoms with E-state index in [9.17, 15) is 8.78 Å². The largest absolute Gasteiger partial charge is 0.377 e. The minimum atomic E-state index is -0.798. The number of anilines is 1. The van der Waals surface area contributed by atoms with E-state index in [0.717, 1.165) is 0 Å². The molecule has 1 aromatic rings. The lowest BCUT2D eigenvalue weighted by molar-refractivity contribution is 0.513. The van der Waals surface area contributed by atoms with Gasteiger partial charge in [-0.25, -0.2) is 0 Å². The highest BCUT2D eigenvalue weighted by molar-refractivity contribution is 5.43. The van der Waals surface area contributed by atoms with Gasteiger partial charge in [-0.3, -0.25) is 0 Å². The fraction of sp³-hybridized carbons (Fsp3) is 0.286. The molecule has 2 nitrogen and oxygen atoms in total. The van der Waals surface area contributed by atoms with Gasteiger partial charge in [-0.15, -0.1) is 0 Å². The van der Waals surface area contributed by atoms with Gasteiger partial charge in [-0.2, -0.15) is 13.8 Å². The molecular formula is C7H8F2N2. The van der Waals surface area contributed by atoms with Crippen LogP contribution in [-0.4, -0.2) is 19.1 Å². The number of hydrogen-bond donors (Lipinski definition) is 0. The van der Waals surface area contributed by atoms with Crippen LogP contribution in [-0.2, 0) is 0 Å². The lowest BCUT2D eigenvalue weighted by Crippen LogP contribution is -2.09. The second-order valence-corrected chi connectivity index (χ2v) is 2.37. The smallest absolute Gasteiger partial charge is 0.217 e. The van der Waals surface area contributed by atoms with Gasteiger partial charge in [0.05, 0.1) is 0 Å². The molecule has 1 heterocycles. The Morgan fingerprint density at radius 2 is 1.64 bits per heavy atom. The number of aromatic nitrogens is 1. The molecule has 0 bridgehead atoms. The zero-order valence-electron chi connectivity index (χ0n) is 6.31. The van der Waals surface area contributed by atoms with Crippen molar-refractivity contribution in [1.82, 2.24) is 4.98 Å². The van der Waals surface area contributed by atoms with Crippen LogP contribution < -0.4 is 4.90 Å². The van der Waals surface area contributed by atoms with Gasteiger partial charge in [0, 0.05) is 31.9 Å². The monoisotopic (exact) mass is 158 g/mol. The van der Waals surface area contributed by atoms with E-state index in [1.54, 1.807) is 19.0 Å². The highest BCUT2D eigenvalue weighted by Gasteiger charge is 2.01. The van der Waals surface area contributed by atoms with Crippen molar-refractivity contribution in [2.75, 3.05) is 19.0 Å². The van der Waals surface area contributed by atoms with E-state index in [1.807, 2.05) is 0 Å². The molecular weight excluding hydrogens is 150 g/mol. The first-order chi connectivity index (χ1) is 5.09. The zero-order valence-corrected chi connectivity index (χ0v) is 6.31. The van der Waals surface area contributed by atoms with Crippen LogP contribution >= 0.6 is 0 Å². The van der Waals surface area contributed by atoms with E-state index >= 15 is 0 Å². The van der Waals surface area contributed by atoms with Crippen molar-refractivity contribution in [2.45, 2.75) is 0 Å². The van der Waals surface area contributed by atoms with Gasteiger partial charge in [0.2, 0.25) is 11.9 Å². The molecule has 0 fully saturated rings. The summed E-state index contributed by atoms with van der Waals surface area (Å²) in [5, 5.41) is 0. The first-order valence-electron chi connectivity index (χ1n) is 3.10. The average molecular weight is 158 g/mol. The summed E-state index contributed by atoms with van der Waals surface area (Å²) in [7, 11) is 3.41. The minimum Gasteiger partial charge on any atom is -0.377 e. The Kier molecular flexibility index (Phi) is 2.03. The molecule has 0 spiro atoms. The van der Waals surface area contributed by atoms with Gasteiger partial charge in [0.15, 0.2) is 0 Å². The first kappa shape index (κ1) is 7.91. The third kappa shape index (κ3) is 1.86. The normalized spacial score (nSPS) is 9.82. The molecule has 1 aromatic heterocycles. The van der Waals surface area contributed by atoms with Crippen molar-refractivity contribution in [1.29, 1.82) is 0 Å². The fourth-order valence-electron chi connectivity index (χ4n) is 0.711. The quantitative estimate of drug-likeness (QED) is 0.575. The molecule has 60 valence electrons. The highest BCUT2D eigenvalue weighted by atomic mass is 19.1. The molecule has 0 unspecified atom stereocenters. The Labute approximate surface area is 63.5 Å². The van der Waals surface area contributed by atoms with Crippen LogP contribution in [0.15, 0.2) is 12.1 Å². The van der Waals surface area contributed by atoms with Crippen molar-refractivity contribution in [3.63, 3.8) is 0 Å². The van der Waals surface area contributed by atoms with Crippen molar-refractivity contribution in [3.05, 3.63) is 24.0 Å². The summed E-state index contributed by atoms with van der Waals surface area (Å²) in [4.78, 5) is 4.56. The van der Waals surface area contributed by atoms with Gasteiger partial charge < -0.3 is 4.90 Å². The van der Waals surface area contributed by atoms with E-state index in [0.29, 0.717) is 5.69 Å². The number of rotatable bonds is 1. The Bertz CT molecular complexity index is 240. The van der Waals surface area contributed by atoms with Crippen molar-refractivity contribution >= 4 is 5.69 Å². The molecule has 0 aromatic carbocycles. The maximum atomic E-state index is 12.4. The van der Waals surface area contributed by atoms with Gasteiger partial charge in [-0.05, 0) is 0 Å². The van der Waals surface area contributed by atoms with Gasteiger partial charge in [0.1, 0.15) is 0 Å². The van der Waals surface area contributed by atoms with E-state index < -0.39 is 11.9 Å². The predicted molar refractivity (Wildman–Crippen MR) is 38.5 cm³/mol. The van der Waals surface area contributed by atoms with Gasteiger partial charge in [-0.1, -0.05) is 0 Å². The molecule has 0 amide bonds. The van der Waals surface area contributed by atoms with Crippen LogP contribution in [0.2, 0.25) is 0 Å². The maximum Gasteiger partial charge on any atom is 0.217 e. The highest BCUT2D eigenvalue weighted by Crippen LogP contribution is 2.12. The number of hydrogen-bond acceptors (Lipinski definition) is 2. The third-order valence-electron chi connectivity index (χ3n) is 1.26. The average Bonchev–Trinajstić information content (AvgIpc) is 1.85. The van der Waals surface area contributed by atoms with E-state index in [-0.39, 0.29) is 0 Å². The number of halogens is 2. The fourth-order valence-corrected chi connectivity index (χ4v) is 0.711. The molecule has 0 aliphatic carbocycles. The van der Waals surface area contributed by atoms with Gasteiger partial charge in [0.25, 0.3) is 0 Å². The number of pyridine rings is 1. The van der Waals surface area contributed by atoms with Crippen LogP contribution in [0.25, 0.3) is 0 Å².